The Morgan fingerprint density at radius 1 is 1.20 bits per heavy atom. The third-order valence-corrected chi connectivity index (χ3v) is 2.18. The maximum atomic E-state index is 10.3. The van der Waals surface area contributed by atoms with E-state index in [4.69, 9.17) is 0 Å². The van der Waals surface area contributed by atoms with Gasteiger partial charge in [-0.2, -0.15) is 0 Å². The first-order valence-corrected chi connectivity index (χ1v) is 5.46. The van der Waals surface area contributed by atoms with Crippen LogP contribution in [0.3, 0.4) is 0 Å². The zero-order valence-corrected chi connectivity index (χ0v) is 10.2. The Labute approximate surface area is 94.6 Å². The van der Waals surface area contributed by atoms with Crippen molar-refractivity contribution in [1.29, 1.82) is 0 Å². The van der Waals surface area contributed by atoms with E-state index >= 15 is 0 Å². The minimum absolute atomic E-state index is 0.128. The molecule has 0 spiro atoms. The second kappa shape index (κ2) is 7.25. The van der Waals surface area contributed by atoms with E-state index in [0.29, 0.717) is 0 Å². The van der Waals surface area contributed by atoms with Gasteiger partial charge < -0.3 is 0 Å². The third-order valence-electron chi connectivity index (χ3n) is 1.34. The first-order chi connectivity index (χ1) is 7.09. The highest BCUT2D eigenvalue weighted by Crippen LogP contribution is 2.22. The van der Waals surface area contributed by atoms with Crippen LogP contribution >= 0.6 is 11.9 Å². The van der Waals surface area contributed by atoms with Crippen LogP contribution in [-0.4, -0.2) is 23.3 Å². The van der Waals surface area contributed by atoms with Crippen LogP contribution in [0.1, 0.15) is 13.8 Å². The van der Waals surface area contributed by atoms with E-state index in [2.05, 4.69) is 0 Å². The fourth-order valence-corrected chi connectivity index (χ4v) is 1.52. The molecule has 4 nitrogen and oxygen atoms in total. The molecule has 0 unspecified atom stereocenters. The van der Waals surface area contributed by atoms with Gasteiger partial charge >= 0.3 is 0 Å². The average Bonchev–Trinajstić information content (AvgIpc) is 2.20. The molecule has 0 N–H and O–H groups in total. The van der Waals surface area contributed by atoms with Gasteiger partial charge in [0.2, 0.25) is 0 Å². The summed E-state index contributed by atoms with van der Waals surface area (Å²) in [5.41, 5.74) is 0.128. The Morgan fingerprint density at radius 3 is 2.00 bits per heavy atom. The van der Waals surface area contributed by atoms with Crippen LogP contribution in [0.25, 0.3) is 0 Å². The molecule has 0 amide bonds. The predicted octanol–water partition coefficient (Wildman–Crippen LogP) is 3.19. The number of non-ortho nitro benzene ring substituents is 1. The van der Waals surface area contributed by atoms with E-state index in [1.807, 2.05) is 32.2 Å². The molecule has 84 valence electrons. The lowest BCUT2D eigenvalue weighted by molar-refractivity contribution is -0.384. The van der Waals surface area contributed by atoms with Crippen LogP contribution in [0.15, 0.2) is 29.2 Å². The summed E-state index contributed by atoms with van der Waals surface area (Å²) < 4.78 is 1.93. The zero-order chi connectivity index (χ0) is 11.8. The number of nitrogens with zero attached hydrogens (tertiary/aromatic N) is 2. The van der Waals surface area contributed by atoms with Gasteiger partial charge in [-0.05, 0) is 38.2 Å². The fourth-order valence-electron chi connectivity index (χ4n) is 0.840. The van der Waals surface area contributed by atoms with Gasteiger partial charge in [0.1, 0.15) is 0 Å². The highest BCUT2D eigenvalue weighted by atomic mass is 32.2. The number of hydrogen-bond acceptors (Lipinski definition) is 4. The van der Waals surface area contributed by atoms with E-state index in [0.717, 1.165) is 4.90 Å². The third kappa shape index (κ3) is 5.39. The minimum atomic E-state index is -0.399. The minimum Gasteiger partial charge on any atom is -0.258 e. The maximum Gasteiger partial charge on any atom is 0.269 e. The monoisotopic (exact) mass is 228 g/mol. The average molecular weight is 228 g/mol. The second-order valence-corrected chi connectivity index (χ2v) is 4.04. The van der Waals surface area contributed by atoms with Crippen molar-refractivity contribution < 1.29 is 4.92 Å². The molecule has 0 bridgehead atoms. The van der Waals surface area contributed by atoms with Crippen LogP contribution in [0.4, 0.5) is 5.69 Å². The van der Waals surface area contributed by atoms with Gasteiger partial charge in [0.15, 0.2) is 0 Å². The van der Waals surface area contributed by atoms with Crippen molar-refractivity contribution in [1.82, 2.24) is 4.31 Å². The summed E-state index contributed by atoms with van der Waals surface area (Å²) in [7, 11) is 3.85. The molecule has 0 aliphatic rings. The Kier molecular flexibility index (Phi) is 6.73. The SMILES string of the molecule is CC.CN(C)Sc1ccc([N+](=O)[O-])cc1. The van der Waals surface area contributed by atoms with Crippen LogP contribution < -0.4 is 0 Å². The van der Waals surface area contributed by atoms with Gasteiger partial charge in [-0.1, -0.05) is 13.8 Å². The first-order valence-electron chi connectivity index (χ1n) is 4.69. The molecule has 0 atom stereocenters. The molecule has 0 aromatic heterocycles. The predicted molar refractivity (Wildman–Crippen MR) is 64.0 cm³/mol. The smallest absolute Gasteiger partial charge is 0.258 e. The lowest BCUT2D eigenvalue weighted by Gasteiger charge is -2.06. The molecule has 1 rings (SSSR count). The quantitative estimate of drug-likeness (QED) is 0.453. The zero-order valence-electron chi connectivity index (χ0n) is 9.43. The maximum absolute atomic E-state index is 10.3. The van der Waals surface area contributed by atoms with Crippen LogP contribution in [-0.2, 0) is 0 Å². The first kappa shape index (κ1) is 13.9. The number of hydrogen-bond donors (Lipinski definition) is 0. The standard InChI is InChI=1S/C8H10N2O2S.C2H6/c1-9(2)13-8-5-3-7(4-6-8)10(11)12;1-2/h3-6H,1-2H3;1-2H3. The topological polar surface area (TPSA) is 46.4 Å². The van der Waals surface area contributed by atoms with Crippen molar-refractivity contribution in [3.63, 3.8) is 0 Å². The second-order valence-electron chi connectivity index (χ2n) is 2.65. The molecule has 15 heavy (non-hydrogen) atoms. The lowest BCUT2D eigenvalue weighted by Crippen LogP contribution is -1.98. The molecule has 0 saturated heterocycles. The molecular formula is C10H16N2O2S. The molecule has 0 saturated carbocycles. The van der Waals surface area contributed by atoms with E-state index in [-0.39, 0.29) is 5.69 Å². The molecule has 0 aliphatic carbocycles. The number of rotatable bonds is 3. The van der Waals surface area contributed by atoms with Gasteiger partial charge in [-0.3, -0.25) is 14.4 Å². The number of nitro groups is 1. The van der Waals surface area contributed by atoms with Gasteiger partial charge in [0, 0.05) is 17.0 Å². The van der Waals surface area contributed by atoms with E-state index in [1.54, 1.807) is 12.1 Å². The molecule has 5 heteroatoms. The Bertz CT molecular complexity index is 299. The molecule has 0 heterocycles. The normalized spacial score (nSPS) is 9.40. The summed E-state index contributed by atoms with van der Waals surface area (Å²) >= 11 is 1.53. The Balaban J connectivity index is 0.000000921. The van der Waals surface area contributed by atoms with Crippen molar-refractivity contribution in [3.05, 3.63) is 34.4 Å². The van der Waals surface area contributed by atoms with E-state index in [1.165, 1.54) is 24.1 Å². The summed E-state index contributed by atoms with van der Waals surface area (Å²) in [6, 6.07) is 6.49. The fraction of sp³-hybridized carbons (Fsp3) is 0.400. The molecule has 1 aromatic rings. The molecular weight excluding hydrogens is 212 g/mol. The Hall–Kier alpha value is -1.07. The van der Waals surface area contributed by atoms with Crippen molar-refractivity contribution >= 4 is 17.6 Å². The van der Waals surface area contributed by atoms with Crippen molar-refractivity contribution in [2.45, 2.75) is 18.7 Å². The Morgan fingerprint density at radius 2 is 1.67 bits per heavy atom. The van der Waals surface area contributed by atoms with Gasteiger partial charge in [0.25, 0.3) is 5.69 Å². The number of nitro benzene ring substituents is 1. The molecule has 0 radical (unpaired) electrons. The van der Waals surface area contributed by atoms with Crippen LogP contribution in [0, 0.1) is 10.1 Å². The molecule has 0 fully saturated rings. The largest absolute Gasteiger partial charge is 0.269 e. The molecule has 1 aromatic carbocycles. The highest BCUT2D eigenvalue weighted by molar-refractivity contribution is 7.97. The van der Waals surface area contributed by atoms with Gasteiger partial charge in [-0.25, -0.2) is 0 Å². The summed E-state index contributed by atoms with van der Waals surface area (Å²) in [6.07, 6.45) is 0. The summed E-state index contributed by atoms with van der Waals surface area (Å²) in [5.74, 6) is 0. The summed E-state index contributed by atoms with van der Waals surface area (Å²) in [5, 5.41) is 10.3. The van der Waals surface area contributed by atoms with Gasteiger partial charge in [0.05, 0.1) is 4.92 Å². The summed E-state index contributed by atoms with van der Waals surface area (Å²) in [4.78, 5) is 10.9. The van der Waals surface area contributed by atoms with Crippen molar-refractivity contribution in [2.75, 3.05) is 14.1 Å². The van der Waals surface area contributed by atoms with Gasteiger partial charge in [-0.15, -0.1) is 0 Å². The van der Waals surface area contributed by atoms with Crippen LogP contribution in [0.5, 0.6) is 0 Å². The van der Waals surface area contributed by atoms with Crippen molar-refractivity contribution in [2.24, 2.45) is 0 Å². The van der Waals surface area contributed by atoms with E-state index < -0.39 is 4.92 Å². The number of benzene rings is 1. The van der Waals surface area contributed by atoms with Crippen LogP contribution in [0.2, 0.25) is 0 Å². The highest BCUT2D eigenvalue weighted by Gasteiger charge is 2.04. The lowest BCUT2D eigenvalue weighted by atomic mass is 10.3. The van der Waals surface area contributed by atoms with Crippen molar-refractivity contribution in [3.8, 4) is 0 Å². The van der Waals surface area contributed by atoms with E-state index in [9.17, 15) is 10.1 Å². The summed E-state index contributed by atoms with van der Waals surface area (Å²) in [6.45, 7) is 4.00. The molecule has 0 aliphatic heterocycles.